The van der Waals surface area contributed by atoms with Crippen LogP contribution < -0.4 is 15.4 Å². The van der Waals surface area contributed by atoms with Gasteiger partial charge in [0.15, 0.2) is 0 Å². The number of halogens is 1. The van der Waals surface area contributed by atoms with E-state index in [1.54, 1.807) is 30.3 Å². The van der Waals surface area contributed by atoms with E-state index in [4.69, 9.17) is 9.47 Å². The number of nitrogens with zero attached hydrogens (tertiary/aromatic N) is 1. The molecular formula is C21H24FN3O4. The summed E-state index contributed by atoms with van der Waals surface area (Å²) in [5.74, 6) is -0.203. The average molecular weight is 401 g/mol. The molecule has 0 bridgehead atoms. The Bertz CT molecular complexity index is 873. The Morgan fingerprint density at radius 1 is 1.21 bits per heavy atom. The molecule has 3 rings (SSSR count). The van der Waals surface area contributed by atoms with Gasteiger partial charge in [0.05, 0.1) is 32.1 Å². The van der Waals surface area contributed by atoms with Crippen LogP contribution >= 0.6 is 0 Å². The zero-order chi connectivity index (χ0) is 20.8. The first-order chi connectivity index (χ1) is 13.9. The summed E-state index contributed by atoms with van der Waals surface area (Å²) < 4.78 is 24.2. The van der Waals surface area contributed by atoms with Crippen molar-refractivity contribution in [1.29, 1.82) is 0 Å². The second kappa shape index (κ2) is 9.49. The first-order valence-electron chi connectivity index (χ1n) is 9.29. The molecule has 154 valence electrons. The highest BCUT2D eigenvalue weighted by molar-refractivity contribution is 5.95. The number of amides is 2. The van der Waals surface area contributed by atoms with Crippen LogP contribution in [0.5, 0.6) is 5.75 Å². The van der Waals surface area contributed by atoms with Crippen molar-refractivity contribution in [1.82, 2.24) is 4.90 Å². The highest BCUT2D eigenvalue weighted by atomic mass is 19.1. The van der Waals surface area contributed by atoms with Crippen LogP contribution in [0.2, 0.25) is 0 Å². The fraction of sp³-hybridized carbons (Fsp3) is 0.333. The van der Waals surface area contributed by atoms with Gasteiger partial charge in [-0.15, -0.1) is 0 Å². The van der Waals surface area contributed by atoms with Gasteiger partial charge in [0.2, 0.25) is 11.8 Å². The molecule has 8 heteroatoms. The lowest BCUT2D eigenvalue weighted by atomic mass is 10.1. The number of anilines is 2. The van der Waals surface area contributed by atoms with Gasteiger partial charge in [-0.3, -0.25) is 14.5 Å². The molecule has 0 saturated carbocycles. The summed E-state index contributed by atoms with van der Waals surface area (Å²) in [6, 6.07) is 11.2. The molecule has 2 amide bonds. The zero-order valence-electron chi connectivity index (χ0n) is 16.4. The molecule has 1 heterocycles. The molecule has 1 atom stereocenters. The number of benzene rings is 2. The van der Waals surface area contributed by atoms with E-state index in [1.807, 2.05) is 4.90 Å². The Labute approximate surface area is 168 Å². The van der Waals surface area contributed by atoms with Gasteiger partial charge in [-0.25, -0.2) is 4.39 Å². The summed E-state index contributed by atoms with van der Waals surface area (Å²) in [5.41, 5.74) is 1.92. The Morgan fingerprint density at radius 3 is 2.66 bits per heavy atom. The molecular weight excluding hydrogens is 377 g/mol. The summed E-state index contributed by atoms with van der Waals surface area (Å²) in [4.78, 5) is 25.8. The van der Waals surface area contributed by atoms with Gasteiger partial charge < -0.3 is 20.1 Å². The number of ether oxygens (including phenoxy) is 2. The van der Waals surface area contributed by atoms with Crippen LogP contribution in [0.4, 0.5) is 15.8 Å². The highest BCUT2D eigenvalue weighted by Crippen LogP contribution is 2.28. The van der Waals surface area contributed by atoms with Gasteiger partial charge in [0, 0.05) is 25.7 Å². The van der Waals surface area contributed by atoms with Gasteiger partial charge in [-0.1, -0.05) is 12.1 Å². The Balaban J connectivity index is 1.62. The van der Waals surface area contributed by atoms with E-state index in [0.29, 0.717) is 36.8 Å². The van der Waals surface area contributed by atoms with Crippen LogP contribution in [0.15, 0.2) is 42.5 Å². The normalized spacial score (nSPS) is 16.9. The zero-order valence-corrected chi connectivity index (χ0v) is 16.4. The quantitative estimate of drug-likeness (QED) is 0.778. The van der Waals surface area contributed by atoms with Gasteiger partial charge >= 0.3 is 0 Å². The van der Waals surface area contributed by atoms with Gasteiger partial charge in [-0.2, -0.15) is 0 Å². The van der Waals surface area contributed by atoms with Crippen molar-refractivity contribution >= 4 is 23.2 Å². The van der Waals surface area contributed by atoms with Crippen molar-refractivity contribution in [3.05, 3.63) is 53.8 Å². The first-order valence-corrected chi connectivity index (χ1v) is 9.29. The van der Waals surface area contributed by atoms with Crippen LogP contribution in [0.3, 0.4) is 0 Å². The maximum Gasteiger partial charge on any atom is 0.238 e. The Hall–Kier alpha value is -2.97. The first kappa shape index (κ1) is 20.8. The summed E-state index contributed by atoms with van der Waals surface area (Å²) in [7, 11) is 1.51. The Morgan fingerprint density at radius 2 is 1.97 bits per heavy atom. The molecule has 7 nitrogen and oxygen atoms in total. The average Bonchev–Trinajstić information content (AvgIpc) is 2.68. The number of hydrogen-bond donors (Lipinski definition) is 2. The maximum absolute atomic E-state index is 13.1. The van der Waals surface area contributed by atoms with Crippen LogP contribution in [0.25, 0.3) is 0 Å². The third-order valence-electron chi connectivity index (χ3n) is 4.55. The predicted octanol–water partition coefficient (Wildman–Crippen LogP) is 2.80. The molecule has 1 fully saturated rings. The number of morpholine rings is 1. The minimum Gasteiger partial charge on any atom is -0.495 e. The molecule has 29 heavy (non-hydrogen) atoms. The topological polar surface area (TPSA) is 79.9 Å². The van der Waals surface area contributed by atoms with E-state index >= 15 is 0 Å². The maximum atomic E-state index is 13.1. The van der Waals surface area contributed by atoms with Gasteiger partial charge in [0.25, 0.3) is 0 Å². The third kappa shape index (κ3) is 5.75. The molecule has 0 aromatic heterocycles. The molecule has 1 saturated heterocycles. The van der Waals surface area contributed by atoms with E-state index in [1.165, 1.54) is 26.2 Å². The van der Waals surface area contributed by atoms with Crippen LogP contribution in [-0.4, -0.2) is 50.1 Å². The lowest BCUT2D eigenvalue weighted by Crippen LogP contribution is -2.42. The summed E-state index contributed by atoms with van der Waals surface area (Å²) in [6.07, 6.45) is -0.213. The molecule has 1 aliphatic heterocycles. The minimum atomic E-state index is -0.295. The van der Waals surface area contributed by atoms with Gasteiger partial charge in [-0.05, 0) is 35.9 Å². The van der Waals surface area contributed by atoms with E-state index in [9.17, 15) is 14.0 Å². The molecule has 0 aliphatic carbocycles. The standard InChI is InChI=1S/C21H24FN3O4/c1-14(26)23-17-7-8-19(28-2)18(11-17)24-21(27)13-25-9-10-29-20(12-25)15-3-5-16(22)6-4-15/h3-8,11,20H,9-10,12-13H2,1-2H3,(H,23,26)(H,24,27). The van der Waals surface area contributed by atoms with Crippen molar-refractivity contribution in [2.24, 2.45) is 0 Å². The van der Waals surface area contributed by atoms with Crippen molar-refractivity contribution in [2.75, 3.05) is 44.0 Å². The molecule has 0 radical (unpaired) electrons. The lowest BCUT2D eigenvalue weighted by molar-refractivity contribution is -0.119. The number of rotatable bonds is 6. The van der Waals surface area contributed by atoms with E-state index < -0.39 is 0 Å². The van der Waals surface area contributed by atoms with Crippen LogP contribution in [0.1, 0.15) is 18.6 Å². The minimum absolute atomic E-state index is 0.175. The molecule has 2 aromatic rings. The van der Waals surface area contributed by atoms with Crippen molar-refractivity contribution < 1.29 is 23.5 Å². The van der Waals surface area contributed by atoms with Crippen LogP contribution in [0, 0.1) is 5.82 Å². The predicted molar refractivity (Wildman–Crippen MR) is 107 cm³/mol. The smallest absolute Gasteiger partial charge is 0.238 e. The van der Waals surface area contributed by atoms with Gasteiger partial charge in [0.1, 0.15) is 11.6 Å². The number of carbonyl (C=O) groups is 2. The molecule has 0 spiro atoms. The summed E-state index contributed by atoms with van der Waals surface area (Å²) in [6.45, 7) is 3.22. The van der Waals surface area contributed by atoms with E-state index in [-0.39, 0.29) is 30.3 Å². The summed E-state index contributed by atoms with van der Waals surface area (Å²) in [5, 5.41) is 5.52. The molecule has 1 unspecified atom stereocenters. The number of carbonyl (C=O) groups excluding carboxylic acids is 2. The second-order valence-electron chi connectivity index (χ2n) is 6.79. The third-order valence-corrected chi connectivity index (χ3v) is 4.55. The molecule has 1 aliphatic rings. The Kier molecular flexibility index (Phi) is 6.79. The molecule has 2 aromatic carbocycles. The monoisotopic (exact) mass is 401 g/mol. The summed E-state index contributed by atoms with van der Waals surface area (Å²) >= 11 is 0. The van der Waals surface area contributed by atoms with Crippen molar-refractivity contribution in [2.45, 2.75) is 13.0 Å². The second-order valence-corrected chi connectivity index (χ2v) is 6.79. The van der Waals surface area contributed by atoms with Crippen LogP contribution in [-0.2, 0) is 14.3 Å². The number of nitrogens with one attached hydrogen (secondary N) is 2. The molecule has 2 N–H and O–H groups in total. The van der Waals surface area contributed by atoms with E-state index in [2.05, 4.69) is 10.6 Å². The van der Waals surface area contributed by atoms with Crippen molar-refractivity contribution in [3.8, 4) is 5.75 Å². The van der Waals surface area contributed by atoms with Crippen molar-refractivity contribution in [3.63, 3.8) is 0 Å². The number of methoxy groups -OCH3 is 1. The largest absolute Gasteiger partial charge is 0.495 e. The highest BCUT2D eigenvalue weighted by Gasteiger charge is 2.24. The lowest BCUT2D eigenvalue weighted by Gasteiger charge is -2.32. The SMILES string of the molecule is COc1ccc(NC(C)=O)cc1NC(=O)CN1CCOC(c2ccc(F)cc2)C1. The fourth-order valence-corrected chi connectivity index (χ4v) is 3.20. The van der Waals surface area contributed by atoms with E-state index in [0.717, 1.165) is 5.56 Å². The fourth-order valence-electron chi connectivity index (χ4n) is 3.20. The number of hydrogen-bond acceptors (Lipinski definition) is 5.